The maximum atomic E-state index is 9.75. The zero-order valence-electron chi connectivity index (χ0n) is 17.5. The Hall–Kier alpha value is -1.43. The second-order valence-corrected chi connectivity index (χ2v) is 10.2. The molecule has 0 aliphatic heterocycles. The van der Waals surface area contributed by atoms with E-state index in [9.17, 15) is 17.3 Å². The first kappa shape index (κ1) is 22.9. The maximum Gasteiger partial charge on any atom is 0.673 e. The number of rotatable bonds is 1. The topological polar surface area (TPSA) is 0 Å². The van der Waals surface area contributed by atoms with Gasteiger partial charge in [0.25, 0.3) is 0 Å². The van der Waals surface area contributed by atoms with Crippen LogP contribution in [0.4, 0.5) is 17.3 Å². The third-order valence-electron chi connectivity index (χ3n) is 5.45. The van der Waals surface area contributed by atoms with Gasteiger partial charge in [-0.25, -0.2) is 0 Å². The van der Waals surface area contributed by atoms with Crippen LogP contribution in [-0.4, -0.2) is 19.8 Å². The Morgan fingerprint density at radius 2 is 1.18 bits per heavy atom. The molecule has 0 saturated carbocycles. The summed E-state index contributed by atoms with van der Waals surface area (Å²) in [5.74, 6) is 0. The highest BCUT2D eigenvalue weighted by Gasteiger charge is 2.28. The van der Waals surface area contributed by atoms with Gasteiger partial charge in [0, 0.05) is 12.0 Å². The summed E-state index contributed by atoms with van der Waals surface area (Å²) in [6, 6.07) is 9.68. The fraction of sp³-hybridized carbons (Fsp3) is 0.455. The molecular formula is C22H29BF4S. The molecule has 0 aromatic heterocycles. The highest BCUT2D eigenvalue weighted by molar-refractivity contribution is 7.95. The molecule has 0 spiro atoms. The van der Waals surface area contributed by atoms with Crippen molar-refractivity contribution in [3.8, 4) is 0 Å². The first-order valence-electron chi connectivity index (χ1n) is 9.49. The van der Waals surface area contributed by atoms with Crippen LogP contribution < -0.4 is 0 Å². The van der Waals surface area contributed by atoms with Gasteiger partial charge >= 0.3 is 7.25 Å². The molecule has 0 radical (unpaired) electrons. The van der Waals surface area contributed by atoms with Crippen LogP contribution in [0, 0.1) is 27.7 Å². The molecule has 0 heterocycles. The Labute approximate surface area is 169 Å². The van der Waals surface area contributed by atoms with Crippen LogP contribution >= 0.6 is 0 Å². The van der Waals surface area contributed by atoms with E-state index < -0.39 is 7.25 Å². The molecule has 1 atom stereocenters. The highest BCUT2D eigenvalue weighted by atomic mass is 32.2. The Morgan fingerprint density at radius 3 is 1.68 bits per heavy atom. The second kappa shape index (κ2) is 8.94. The lowest BCUT2D eigenvalue weighted by Crippen LogP contribution is -2.18. The van der Waals surface area contributed by atoms with Crippen molar-refractivity contribution < 1.29 is 17.3 Å². The fourth-order valence-corrected chi connectivity index (χ4v) is 5.31. The van der Waals surface area contributed by atoms with Gasteiger partial charge in [0.1, 0.15) is 5.25 Å². The Kier molecular flexibility index (Phi) is 7.30. The Balaban J connectivity index is 0.000000500. The van der Waals surface area contributed by atoms with E-state index in [-0.39, 0.29) is 0 Å². The lowest BCUT2D eigenvalue weighted by molar-refractivity contribution is 0.368. The minimum absolute atomic E-state index is 0.371. The summed E-state index contributed by atoms with van der Waals surface area (Å²) >= 11 is 0. The van der Waals surface area contributed by atoms with Gasteiger partial charge in [0.15, 0.2) is 0 Å². The molecule has 3 rings (SSSR count). The molecular weight excluding hydrogens is 383 g/mol. The zero-order valence-corrected chi connectivity index (χ0v) is 18.3. The second-order valence-electron chi connectivity index (χ2n) is 7.91. The summed E-state index contributed by atoms with van der Waals surface area (Å²) in [4.78, 5) is 0. The standard InChI is InChI=1S/C22H29S.BF4/c1-14-9-18-7-8-19-10-15(2)12-21(17(19)4)22(23(5)6)13-20(11-14)16(18)3;2-1(3,4)5/h9-12,22H,7-8,13H2,1-6H3;/q+1;-1. The van der Waals surface area contributed by atoms with Crippen molar-refractivity contribution >= 4 is 18.1 Å². The molecule has 4 bridgehead atoms. The largest absolute Gasteiger partial charge is 0.673 e. The summed E-state index contributed by atoms with van der Waals surface area (Å²) in [5, 5.41) is 0.639. The number of benzene rings is 2. The van der Waals surface area contributed by atoms with Gasteiger partial charge in [-0.1, -0.05) is 35.4 Å². The van der Waals surface area contributed by atoms with E-state index in [1.807, 2.05) is 0 Å². The summed E-state index contributed by atoms with van der Waals surface area (Å²) in [6.45, 7) is 9.18. The lowest BCUT2D eigenvalue weighted by atomic mass is 9.86. The molecule has 2 aromatic carbocycles. The lowest BCUT2D eigenvalue weighted by Gasteiger charge is -2.24. The van der Waals surface area contributed by atoms with Crippen molar-refractivity contribution in [2.24, 2.45) is 0 Å². The van der Waals surface area contributed by atoms with Crippen molar-refractivity contribution in [3.05, 3.63) is 68.8 Å². The van der Waals surface area contributed by atoms with Gasteiger partial charge in [0.2, 0.25) is 0 Å². The van der Waals surface area contributed by atoms with Gasteiger partial charge in [-0.15, -0.1) is 0 Å². The quantitative estimate of drug-likeness (QED) is 0.286. The van der Waals surface area contributed by atoms with Gasteiger partial charge < -0.3 is 17.3 Å². The van der Waals surface area contributed by atoms with E-state index in [1.54, 1.807) is 27.8 Å². The predicted octanol–water partition coefficient (Wildman–Crippen LogP) is 6.48. The van der Waals surface area contributed by atoms with Gasteiger partial charge in [-0.2, -0.15) is 0 Å². The Bertz CT molecular complexity index is 837. The average molecular weight is 412 g/mol. The first-order chi connectivity index (χ1) is 12.9. The van der Waals surface area contributed by atoms with E-state index in [4.69, 9.17) is 0 Å². The maximum absolute atomic E-state index is 9.75. The molecule has 6 heteroatoms. The summed E-state index contributed by atoms with van der Waals surface area (Å²) in [7, 11) is -5.63. The van der Waals surface area contributed by atoms with E-state index in [0.717, 1.165) is 6.42 Å². The van der Waals surface area contributed by atoms with Gasteiger partial charge in [-0.3, -0.25) is 0 Å². The van der Waals surface area contributed by atoms with Crippen LogP contribution in [0.1, 0.15) is 49.8 Å². The van der Waals surface area contributed by atoms with Gasteiger partial charge in [-0.05, 0) is 79.2 Å². The highest BCUT2D eigenvalue weighted by Crippen LogP contribution is 2.35. The van der Waals surface area contributed by atoms with E-state index in [1.165, 1.54) is 29.5 Å². The molecule has 28 heavy (non-hydrogen) atoms. The number of hydrogen-bond donors (Lipinski definition) is 0. The average Bonchev–Trinajstić information content (AvgIpc) is 2.54. The van der Waals surface area contributed by atoms with Crippen LogP contribution in [0.2, 0.25) is 0 Å². The SMILES string of the molecule is Cc1cc2c(C)c(c1)CC([S+](C)C)c1cc(C)cc(c1C)CC2.F[B-](F)(F)F. The summed E-state index contributed by atoms with van der Waals surface area (Å²) < 4.78 is 39.0. The fourth-order valence-electron chi connectivity index (χ4n) is 4.04. The molecule has 0 amide bonds. The Morgan fingerprint density at radius 1 is 0.750 bits per heavy atom. The van der Waals surface area contributed by atoms with E-state index in [2.05, 4.69) is 64.5 Å². The van der Waals surface area contributed by atoms with Crippen LogP contribution in [0.25, 0.3) is 0 Å². The van der Waals surface area contributed by atoms with Crippen LogP contribution in [-0.2, 0) is 30.2 Å². The number of aryl methyl sites for hydroxylation is 4. The van der Waals surface area contributed by atoms with Gasteiger partial charge in [0.05, 0.1) is 12.5 Å². The smallest absolute Gasteiger partial charge is 0.418 e. The van der Waals surface area contributed by atoms with E-state index in [0.29, 0.717) is 16.1 Å². The molecule has 0 fully saturated rings. The van der Waals surface area contributed by atoms with Crippen molar-refractivity contribution in [2.45, 2.75) is 52.2 Å². The van der Waals surface area contributed by atoms with Crippen molar-refractivity contribution in [1.82, 2.24) is 0 Å². The van der Waals surface area contributed by atoms with Crippen LogP contribution in [0.3, 0.4) is 0 Å². The number of fused-ring (bicyclic) bond motifs is 4. The summed E-state index contributed by atoms with van der Waals surface area (Å²) in [5.41, 5.74) is 12.2. The minimum atomic E-state index is -6.00. The minimum Gasteiger partial charge on any atom is -0.418 e. The predicted molar refractivity (Wildman–Crippen MR) is 115 cm³/mol. The van der Waals surface area contributed by atoms with Crippen molar-refractivity contribution in [2.75, 3.05) is 12.5 Å². The molecule has 0 saturated heterocycles. The monoisotopic (exact) mass is 412 g/mol. The van der Waals surface area contributed by atoms with Crippen molar-refractivity contribution in [1.29, 1.82) is 0 Å². The normalized spacial score (nSPS) is 16.5. The zero-order chi connectivity index (χ0) is 21.2. The number of hydrogen-bond acceptors (Lipinski definition) is 0. The summed E-state index contributed by atoms with van der Waals surface area (Å²) in [6.07, 6.45) is 8.32. The molecule has 1 aliphatic carbocycles. The molecule has 154 valence electrons. The third-order valence-corrected chi connectivity index (χ3v) is 7.01. The number of halogens is 4. The molecule has 1 unspecified atom stereocenters. The molecule has 2 aromatic rings. The third kappa shape index (κ3) is 6.03. The molecule has 0 N–H and O–H groups in total. The van der Waals surface area contributed by atoms with Crippen LogP contribution in [0.5, 0.6) is 0 Å². The van der Waals surface area contributed by atoms with Crippen LogP contribution in [0.15, 0.2) is 24.3 Å². The first-order valence-corrected chi connectivity index (χ1v) is 11.6. The molecule has 1 aliphatic rings. The molecule has 0 nitrogen and oxygen atoms in total. The van der Waals surface area contributed by atoms with Crippen molar-refractivity contribution in [3.63, 3.8) is 0 Å². The van der Waals surface area contributed by atoms with E-state index >= 15 is 0 Å².